The van der Waals surface area contributed by atoms with E-state index in [0.29, 0.717) is 4.77 Å². The van der Waals surface area contributed by atoms with E-state index in [0.717, 1.165) is 57.2 Å². The number of aromatic amines is 1. The molecule has 1 N–H and O–H groups in total. The van der Waals surface area contributed by atoms with Gasteiger partial charge in [-0.2, -0.15) is 5.10 Å². The zero-order chi connectivity index (χ0) is 15.4. The van der Waals surface area contributed by atoms with Crippen molar-refractivity contribution >= 4 is 12.2 Å². The summed E-state index contributed by atoms with van der Waals surface area (Å²) in [5, 5.41) is 7.10. The highest BCUT2D eigenvalue weighted by molar-refractivity contribution is 7.71. The number of ether oxygens (including phenoxy) is 1. The number of morpholine rings is 1. The molecule has 7 heteroatoms. The quantitative estimate of drug-likeness (QED) is 0.859. The molecule has 1 aliphatic heterocycles. The number of benzene rings is 1. The van der Waals surface area contributed by atoms with E-state index < -0.39 is 0 Å². The molecular weight excluding hydrogens is 303 g/mol. The Bertz CT molecular complexity index is 661. The molecule has 2 heterocycles. The van der Waals surface area contributed by atoms with Gasteiger partial charge in [-0.1, -0.05) is 0 Å². The molecule has 1 aliphatic rings. The highest BCUT2D eigenvalue weighted by Gasteiger charge is 2.12. The molecular formula is C15H19FN4OS. The van der Waals surface area contributed by atoms with Crippen molar-refractivity contribution in [2.75, 3.05) is 32.8 Å². The van der Waals surface area contributed by atoms with E-state index in [2.05, 4.69) is 15.1 Å². The molecule has 1 fully saturated rings. The number of nitrogens with zero attached hydrogens (tertiary/aromatic N) is 3. The molecule has 1 saturated heterocycles. The zero-order valence-electron chi connectivity index (χ0n) is 12.3. The van der Waals surface area contributed by atoms with Crippen molar-refractivity contribution < 1.29 is 9.13 Å². The number of halogens is 1. The van der Waals surface area contributed by atoms with Gasteiger partial charge in [0.1, 0.15) is 5.82 Å². The van der Waals surface area contributed by atoms with Crippen LogP contribution in [0.2, 0.25) is 0 Å². The molecule has 0 amide bonds. The maximum absolute atomic E-state index is 13.0. The first-order chi connectivity index (χ1) is 10.7. The molecule has 0 radical (unpaired) electrons. The minimum atomic E-state index is -0.253. The Hall–Kier alpha value is -1.57. The lowest BCUT2D eigenvalue weighted by Crippen LogP contribution is -2.37. The summed E-state index contributed by atoms with van der Waals surface area (Å²) in [4.78, 5) is 2.39. The van der Waals surface area contributed by atoms with Crippen LogP contribution < -0.4 is 0 Å². The first kappa shape index (κ1) is 15.3. The molecule has 22 heavy (non-hydrogen) atoms. The van der Waals surface area contributed by atoms with Gasteiger partial charge in [0.05, 0.1) is 13.2 Å². The van der Waals surface area contributed by atoms with Crippen molar-refractivity contribution in [3.63, 3.8) is 0 Å². The van der Waals surface area contributed by atoms with Crippen LogP contribution in [0.5, 0.6) is 0 Å². The Morgan fingerprint density at radius 1 is 1.18 bits per heavy atom. The predicted molar refractivity (Wildman–Crippen MR) is 84.7 cm³/mol. The summed E-state index contributed by atoms with van der Waals surface area (Å²) in [6.07, 6.45) is 0.988. The maximum atomic E-state index is 13.0. The van der Waals surface area contributed by atoms with Crippen molar-refractivity contribution in [3.05, 3.63) is 34.9 Å². The summed E-state index contributed by atoms with van der Waals surface area (Å²) in [5.41, 5.74) is 0.861. The summed E-state index contributed by atoms with van der Waals surface area (Å²) in [6, 6.07) is 6.31. The second-order valence-electron chi connectivity index (χ2n) is 5.32. The van der Waals surface area contributed by atoms with Crippen LogP contribution in [0.1, 0.15) is 6.42 Å². The standard InChI is InChI=1S/C15H19FN4OS/c16-13-4-2-12(3-5-13)14-17-18-15(22)20(14)7-1-6-19-8-10-21-11-9-19/h2-5H,1,6-11H2,(H,18,22). The van der Waals surface area contributed by atoms with E-state index in [1.165, 1.54) is 12.1 Å². The fourth-order valence-corrected chi connectivity index (χ4v) is 2.85. The third-order valence-corrected chi connectivity index (χ3v) is 4.13. The van der Waals surface area contributed by atoms with Crippen molar-refractivity contribution in [1.29, 1.82) is 0 Å². The average Bonchev–Trinajstić information content (AvgIpc) is 2.90. The predicted octanol–water partition coefficient (Wildman–Crippen LogP) is 2.47. The molecule has 0 unspecified atom stereocenters. The van der Waals surface area contributed by atoms with E-state index in [-0.39, 0.29) is 5.82 Å². The van der Waals surface area contributed by atoms with Gasteiger partial charge in [0.15, 0.2) is 10.6 Å². The minimum absolute atomic E-state index is 0.253. The van der Waals surface area contributed by atoms with Crippen LogP contribution >= 0.6 is 12.2 Å². The van der Waals surface area contributed by atoms with Crippen molar-refractivity contribution in [1.82, 2.24) is 19.7 Å². The lowest BCUT2D eigenvalue weighted by molar-refractivity contribution is 0.0369. The number of aromatic nitrogens is 3. The number of nitrogens with one attached hydrogen (secondary N) is 1. The molecule has 0 aliphatic carbocycles. The van der Waals surface area contributed by atoms with Gasteiger partial charge in [-0.3, -0.25) is 10.00 Å². The van der Waals surface area contributed by atoms with E-state index in [1.54, 1.807) is 12.1 Å². The second kappa shape index (κ2) is 7.13. The van der Waals surface area contributed by atoms with E-state index in [4.69, 9.17) is 17.0 Å². The fraction of sp³-hybridized carbons (Fsp3) is 0.467. The Kier molecular flexibility index (Phi) is 4.97. The minimum Gasteiger partial charge on any atom is -0.379 e. The molecule has 0 bridgehead atoms. The Balaban J connectivity index is 1.67. The largest absolute Gasteiger partial charge is 0.379 e. The van der Waals surface area contributed by atoms with E-state index in [1.807, 2.05) is 4.57 Å². The topological polar surface area (TPSA) is 46.1 Å². The third-order valence-electron chi connectivity index (χ3n) is 3.82. The van der Waals surface area contributed by atoms with Crippen LogP contribution in [-0.2, 0) is 11.3 Å². The van der Waals surface area contributed by atoms with Crippen LogP contribution in [0.4, 0.5) is 4.39 Å². The molecule has 0 saturated carbocycles. The third kappa shape index (κ3) is 3.60. The lowest BCUT2D eigenvalue weighted by Gasteiger charge is -2.26. The van der Waals surface area contributed by atoms with Crippen molar-refractivity contribution in [3.8, 4) is 11.4 Å². The SMILES string of the molecule is Fc1ccc(-c2n[nH]c(=S)n2CCCN2CCOCC2)cc1. The highest BCUT2D eigenvalue weighted by atomic mass is 32.1. The summed E-state index contributed by atoms with van der Waals surface area (Å²) < 4.78 is 21.0. The van der Waals surface area contributed by atoms with Gasteiger partial charge >= 0.3 is 0 Å². The van der Waals surface area contributed by atoms with Crippen LogP contribution in [0.25, 0.3) is 11.4 Å². The number of rotatable bonds is 5. The van der Waals surface area contributed by atoms with E-state index in [9.17, 15) is 4.39 Å². The molecule has 0 spiro atoms. The monoisotopic (exact) mass is 322 g/mol. The molecule has 0 atom stereocenters. The van der Waals surface area contributed by atoms with Gasteiger partial charge in [0.2, 0.25) is 0 Å². The fourth-order valence-electron chi connectivity index (χ4n) is 2.62. The second-order valence-corrected chi connectivity index (χ2v) is 5.71. The summed E-state index contributed by atoms with van der Waals surface area (Å²) in [7, 11) is 0. The van der Waals surface area contributed by atoms with Crippen LogP contribution in [-0.4, -0.2) is 52.5 Å². The first-order valence-electron chi connectivity index (χ1n) is 7.45. The highest BCUT2D eigenvalue weighted by Crippen LogP contribution is 2.18. The van der Waals surface area contributed by atoms with Crippen LogP contribution in [0.15, 0.2) is 24.3 Å². The average molecular weight is 322 g/mol. The summed E-state index contributed by atoms with van der Waals surface area (Å²) >= 11 is 5.31. The van der Waals surface area contributed by atoms with Gasteiger partial charge in [0, 0.05) is 31.7 Å². The molecule has 5 nitrogen and oxygen atoms in total. The van der Waals surface area contributed by atoms with Gasteiger partial charge in [-0.25, -0.2) is 4.39 Å². The Labute approximate surface area is 133 Å². The van der Waals surface area contributed by atoms with Crippen LogP contribution in [0.3, 0.4) is 0 Å². The summed E-state index contributed by atoms with van der Waals surface area (Å²) in [6.45, 7) is 5.40. The number of H-pyrrole nitrogens is 1. The molecule has 3 rings (SSSR count). The smallest absolute Gasteiger partial charge is 0.195 e. The van der Waals surface area contributed by atoms with E-state index >= 15 is 0 Å². The zero-order valence-corrected chi connectivity index (χ0v) is 13.1. The van der Waals surface area contributed by atoms with Gasteiger partial charge in [0.25, 0.3) is 0 Å². The summed E-state index contributed by atoms with van der Waals surface area (Å²) in [5.74, 6) is 0.503. The molecule has 118 valence electrons. The maximum Gasteiger partial charge on any atom is 0.195 e. The molecule has 1 aromatic heterocycles. The lowest BCUT2D eigenvalue weighted by atomic mass is 10.2. The Morgan fingerprint density at radius 2 is 1.91 bits per heavy atom. The number of hydrogen-bond donors (Lipinski definition) is 1. The molecule has 1 aromatic carbocycles. The molecule has 2 aromatic rings. The first-order valence-corrected chi connectivity index (χ1v) is 7.86. The normalized spacial score (nSPS) is 16.0. The van der Waals surface area contributed by atoms with Crippen LogP contribution in [0, 0.1) is 10.6 Å². The van der Waals surface area contributed by atoms with Crippen molar-refractivity contribution in [2.45, 2.75) is 13.0 Å². The number of hydrogen-bond acceptors (Lipinski definition) is 4. The van der Waals surface area contributed by atoms with Gasteiger partial charge in [-0.15, -0.1) is 0 Å². The van der Waals surface area contributed by atoms with Gasteiger partial charge in [-0.05, 0) is 42.9 Å². The van der Waals surface area contributed by atoms with Gasteiger partial charge < -0.3 is 9.30 Å². The van der Waals surface area contributed by atoms with Crippen molar-refractivity contribution in [2.24, 2.45) is 0 Å². The Morgan fingerprint density at radius 3 is 2.64 bits per heavy atom.